The molecule has 1 N–H and O–H groups in total. The smallest absolute Gasteiger partial charge is 0.266 e. The average Bonchev–Trinajstić information content (AvgIpc) is 2.87. The van der Waals surface area contributed by atoms with E-state index in [-0.39, 0.29) is 5.57 Å². The lowest BCUT2D eigenvalue weighted by Gasteiger charge is -2.13. The molecule has 0 aliphatic heterocycles. The lowest BCUT2D eigenvalue weighted by Crippen LogP contribution is -2.14. The Morgan fingerprint density at radius 2 is 1.66 bits per heavy atom. The number of hydrogen-bond donors (Lipinski definition) is 1. The van der Waals surface area contributed by atoms with Crippen molar-refractivity contribution in [2.24, 2.45) is 0 Å². The van der Waals surface area contributed by atoms with Crippen molar-refractivity contribution in [3.05, 3.63) is 80.8 Å². The molecule has 0 bridgehead atoms. The Bertz CT molecular complexity index is 1290. The van der Waals surface area contributed by atoms with Crippen LogP contribution in [0.4, 0.5) is 5.69 Å². The molecule has 7 nitrogen and oxygen atoms in total. The fraction of sp³-hybridized carbons (Fsp3) is 0.154. The molecule has 180 valence electrons. The summed E-state index contributed by atoms with van der Waals surface area (Å²) < 4.78 is 22.8. The maximum absolute atomic E-state index is 12.8. The summed E-state index contributed by atoms with van der Waals surface area (Å²) >= 11 is 9.52. The molecule has 0 saturated carbocycles. The molecule has 0 heterocycles. The van der Waals surface area contributed by atoms with Gasteiger partial charge in [0.25, 0.3) is 5.91 Å². The molecule has 1 amide bonds. The first kappa shape index (κ1) is 25.9. The van der Waals surface area contributed by atoms with E-state index in [9.17, 15) is 10.1 Å². The molecule has 0 unspecified atom stereocenters. The monoisotopic (exact) mass is 556 g/mol. The zero-order valence-corrected chi connectivity index (χ0v) is 21.6. The summed E-state index contributed by atoms with van der Waals surface area (Å²) in [5, 5.41) is 12.6. The summed E-state index contributed by atoms with van der Waals surface area (Å²) in [6.45, 7) is 0.358. The number of amides is 1. The van der Waals surface area contributed by atoms with Crippen molar-refractivity contribution in [2.75, 3.05) is 26.6 Å². The van der Waals surface area contributed by atoms with E-state index in [0.717, 1.165) is 10.0 Å². The molecule has 0 aliphatic rings. The van der Waals surface area contributed by atoms with Gasteiger partial charge in [0.1, 0.15) is 29.7 Å². The van der Waals surface area contributed by atoms with Crippen LogP contribution in [-0.2, 0) is 11.4 Å². The highest BCUT2D eigenvalue weighted by Crippen LogP contribution is 2.36. The van der Waals surface area contributed by atoms with Gasteiger partial charge in [0.05, 0.1) is 32.0 Å². The summed E-state index contributed by atoms with van der Waals surface area (Å²) in [5.74, 6) is 1.07. The molecule has 0 spiro atoms. The summed E-state index contributed by atoms with van der Waals surface area (Å²) in [6.07, 6.45) is 1.45. The topological polar surface area (TPSA) is 89.8 Å². The van der Waals surface area contributed by atoms with Gasteiger partial charge in [0.2, 0.25) is 0 Å². The van der Waals surface area contributed by atoms with Gasteiger partial charge in [-0.25, -0.2) is 0 Å². The van der Waals surface area contributed by atoms with Crippen molar-refractivity contribution in [1.29, 1.82) is 5.26 Å². The predicted molar refractivity (Wildman–Crippen MR) is 138 cm³/mol. The molecule has 0 aromatic heterocycles. The fourth-order valence-electron chi connectivity index (χ4n) is 3.10. The second kappa shape index (κ2) is 12.2. The van der Waals surface area contributed by atoms with Crippen LogP contribution < -0.4 is 24.3 Å². The van der Waals surface area contributed by atoms with Gasteiger partial charge < -0.3 is 24.3 Å². The molecule has 3 aromatic rings. The summed E-state index contributed by atoms with van der Waals surface area (Å²) in [7, 11) is 4.43. The first-order valence-electron chi connectivity index (χ1n) is 10.3. The second-order valence-electron chi connectivity index (χ2n) is 7.14. The van der Waals surface area contributed by atoms with Crippen molar-refractivity contribution in [3.8, 4) is 29.1 Å². The molecule has 9 heteroatoms. The number of carbonyl (C=O) groups is 1. The molecule has 0 aliphatic carbocycles. The van der Waals surface area contributed by atoms with Crippen LogP contribution in [0, 0.1) is 11.3 Å². The van der Waals surface area contributed by atoms with E-state index < -0.39 is 5.91 Å². The van der Waals surface area contributed by atoms with Gasteiger partial charge >= 0.3 is 0 Å². The van der Waals surface area contributed by atoms with Crippen molar-refractivity contribution in [1.82, 2.24) is 0 Å². The van der Waals surface area contributed by atoms with Crippen LogP contribution in [-0.4, -0.2) is 27.2 Å². The Morgan fingerprint density at radius 3 is 2.29 bits per heavy atom. The molecule has 3 aromatic carbocycles. The van der Waals surface area contributed by atoms with Crippen LogP contribution in [0.15, 0.2) is 64.6 Å². The zero-order valence-electron chi connectivity index (χ0n) is 19.2. The lowest BCUT2D eigenvalue weighted by atomic mass is 10.1. The standard InChI is InChI=1S/C26H22BrClN2O5/c1-32-23-13-21(24(33-2)12-20(23)28)30-26(31)18(14-29)10-17-6-9-22(25(11-17)34-3)35-15-16-4-7-19(27)8-5-16/h4-13H,15H2,1-3H3,(H,30,31)/b18-10+. The molecule has 0 atom stereocenters. The number of benzene rings is 3. The molecule has 35 heavy (non-hydrogen) atoms. The zero-order chi connectivity index (χ0) is 25.4. The van der Waals surface area contributed by atoms with Gasteiger partial charge in [0.15, 0.2) is 11.5 Å². The number of nitrogens with one attached hydrogen (secondary N) is 1. The average molecular weight is 558 g/mol. The first-order chi connectivity index (χ1) is 16.9. The van der Waals surface area contributed by atoms with Crippen LogP contribution in [0.2, 0.25) is 5.02 Å². The van der Waals surface area contributed by atoms with E-state index >= 15 is 0 Å². The maximum Gasteiger partial charge on any atom is 0.266 e. The van der Waals surface area contributed by atoms with Crippen LogP contribution in [0.5, 0.6) is 23.0 Å². The predicted octanol–water partition coefficient (Wildman–Crippen LogP) is 6.25. The van der Waals surface area contributed by atoms with E-state index in [1.54, 1.807) is 18.2 Å². The highest BCUT2D eigenvalue weighted by molar-refractivity contribution is 9.10. The third-order valence-corrected chi connectivity index (χ3v) is 5.72. The van der Waals surface area contributed by atoms with Gasteiger partial charge in [-0.05, 0) is 41.5 Å². The summed E-state index contributed by atoms with van der Waals surface area (Å²) in [4.78, 5) is 12.8. The summed E-state index contributed by atoms with van der Waals surface area (Å²) in [5.41, 5.74) is 1.78. The van der Waals surface area contributed by atoms with Crippen LogP contribution in [0.3, 0.4) is 0 Å². The SMILES string of the molecule is COc1cc(NC(=O)/C(C#N)=C/c2ccc(OCc3ccc(Br)cc3)c(OC)c2)c(OC)cc1Cl. The molecular weight excluding hydrogens is 536 g/mol. The quantitative estimate of drug-likeness (QED) is 0.247. The highest BCUT2D eigenvalue weighted by atomic mass is 79.9. The van der Waals surface area contributed by atoms with Crippen molar-refractivity contribution >= 4 is 45.2 Å². The van der Waals surface area contributed by atoms with Crippen molar-refractivity contribution in [3.63, 3.8) is 0 Å². The van der Waals surface area contributed by atoms with Gasteiger partial charge in [-0.15, -0.1) is 0 Å². The maximum atomic E-state index is 12.8. The first-order valence-corrected chi connectivity index (χ1v) is 11.5. The number of hydrogen-bond acceptors (Lipinski definition) is 6. The molecule has 0 saturated heterocycles. The Balaban J connectivity index is 1.79. The lowest BCUT2D eigenvalue weighted by molar-refractivity contribution is -0.112. The van der Waals surface area contributed by atoms with E-state index in [1.807, 2.05) is 30.3 Å². The van der Waals surface area contributed by atoms with Gasteiger partial charge in [-0.2, -0.15) is 5.26 Å². The van der Waals surface area contributed by atoms with Crippen LogP contribution >= 0.6 is 27.5 Å². The van der Waals surface area contributed by atoms with Crippen molar-refractivity contribution in [2.45, 2.75) is 6.61 Å². The van der Waals surface area contributed by atoms with Gasteiger partial charge in [-0.3, -0.25) is 4.79 Å². The number of anilines is 1. The highest BCUT2D eigenvalue weighted by Gasteiger charge is 2.16. The van der Waals surface area contributed by atoms with Crippen LogP contribution in [0.1, 0.15) is 11.1 Å². The number of rotatable bonds is 9. The molecule has 0 radical (unpaired) electrons. The van der Waals surface area contributed by atoms with Crippen LogP contribution in [0.25, 0.3) is 6.08 Å². The Hall–Kier alpha value is -3.67. The third-order valence-electron chi connectivity index (χ3n) is 4.89. The van der Waals surface area contributed by atoms with E-state index in [0.29, 0.717) is 45.9 Å². The summed E-state index contributed by atoms with van der Waals surface area (Å²) in [6, 6.07) is 17.9. The van der Waals surface area contributed by atoms with Crippen molar-refractivity contribution < 1.29 is 23.7 Å². The number of nitriles is 1. The number of ether oxygens (including phenoxy) is 4. The van der Waals surface area contributed by atoms with E-state index in [2.05, 4.69) is 21.2 Å². The minimum atomic E-state index is -0.621. The number of halogens is 2. The van der Waals surface area contributed by atoms with Gasteiger partial charge in [-0.1, -0.05) is 45.7 Å². The number of methoxy groups -OCH3 is 3. The Morgan fingerprint density at radius 1 is 0.971 bits per heavy atom. The second-order valence-corrected chi connectivity index (χ2v) is 8.46. The molecule has 3 rings (SSSR count). The van der Waals surface area contributed by atoms with Gasteiger partial charge in [0, 0.05) is 16.6 Å². The minimum absolute atomic E-state index is 0.119. The molecular formula is C26H22BrClN2O5. The Labute approximate surface area is 217 Å². The number of carbonyl (C=O) groups excluding carboxylic acids is 1. The molecule has 0 fully saturated rings. The number of nitrogens with zero attached hydrogens (tertiary/aromatic N) is 1. The Kier molecular flexibility index (Phi) is 9.01. The largest absolute Gasteiger partial charge is 0.495 e. The van der Waals surface area contributed by atoms with E-state index in [4.69, 9.17) is 30.5 Å². The van der Waals surface area contributed by atoms with E-state index in [1.165, 1.54) is 39.5 Å². The normalized spacial score (nSPS) is 10.8. The fourth-order valence-corrected chi connectivity index (χ4v) is 3.59. The third kappa shape index (κ3) is 6.69. The minimum Gasteiger partial charge on any atom is -0.495 e.